The summed E-state index contributed by atoms with van der Waals surface area (Å²) < 4.78 is 1.89. The van der Waals surface area contributed by atoms with Gasteiger partial charge in [-0.3, -0.25) is 4.79 Å². The maximum absolute atomic E-state index is 11.3. The SMILES string of the molecule is CC(C)n1cc(C(N)=O)c2c(N)ccnc21. The highest BCUT2D eigenvalue weighted by molar-refractivity contribution is 6.09. The Kier molecular flexibility index (Phi) is 2.30. The summed E-state index contributed by atoms with van der Waals surface area (Å²) in [6.45, 7) is 4.02. The van der Waals surface area contributed by atoms with Gasteiger partial charge in [-0.05, 0) is 19.9 Å². The third kappa shape index (κ3) is 1.41. The summed E-state index contributed by atoms with van der Waals surface area (Å²) in [5, 5.41) is 0.642. The number of fused-ring (bicyclic) bond motifs is 1. The number of hydrogen-bond acceptors (Lipinski definition) is 3. The van der Waals surface area contributed by atoms with E-state index < -0.39 is 5.91 Å². The van der Waals surface area contributed by atoms with Crippen LogP contribution in [0, 0.1) is 0 Å². The van der Waals surface area contributed by atoms with Gasteiger partial charge in [-0.25, -0.2) is 4.98 Å². The molecule has 0 bridgehead atoms. The van der Waals surface area contributed by atoms with Gasteiger partial charge in [0, 0.05) is 24.1 Å². The number of carbonyl (C=O) groups excluding carboxylic acids is 1. The van der Waals surface area contributed by atoms with E-state index in [1.807, 2.05) is 18.4 Å². The van der Waals surface area contributed by atoms with E-state index in [1.165, 1.54) is 0 Å². The van der Waals surface area contributed by atoms with Gasteiger partial charge in [0.05, 0.1) is 10.9 Å². The van der Waals surface area contributed by atoms with Crippen molar-refractivity contribution < 1.29 is 4.79 Å². The Morgan fingerprint density at radius 1 is 1.50 bits per heavy atom. The van der Waals surface area contributed by atoms with E-state index in [0.29, 0.717) is 22.3 Å². The summed E-state index contributed by atoms with van der Waals surface area (Å²) in [4.78, 5) is 15.6. The second kappa shape index (κ2) is 3.52. The lowest BCUT2D eigenvalue weighted by atomic mass is 10.2. The fourth-order valence-corrected chi connectivity index (χ4v) is 1.78. The minimum absolute atomic E-state index is 0.199. The predicted octanol–water partition coefficient (Wildman–Crippen LogP) is 1.30. The molecule has 0 aliphatic heterocycles. The molecule has 2 aromatic heterocycles. The first-order valence-electron chi connectivity index (χ1n) is 5.07. The number of carbonyl (C=O) groups is 1. The summed E-state index contributed by atoms with van der Waals surface area (Å²) in [5.41, 5.74) is 12.8. The highest BCUT2D eigenvalue weighted by Crippen LogP contribution is 2.27. The molecule has 5 nitrogen and oxygen atoms in total. The number of nitrogens with zero attached hydrogens (tertiary/aromatic N) is 2. The molecule has 0 fully saturated rings. The molecule has 4 N–H and O–H groups in total. The fraction of sp³-hybridized carbons (Fsp3) is 0.273. The number of aromatic nitrogens is 2. The second-order valence-electron chi connectivity index (χ2n) is 4.01. The second-order valence-corrected chi connectivity index (χ2v) is 4.01. The Morgan fingerprint density at radius 3 is 2.75 bits per heavy atom. The summed E-state index contributed by atoms with van der Waals surface area (Å²) in [5.74, 6) is -0.482. The normalized spacial score (nSPS) is 11.2. The van der Waals surface area contributed by atoms with E-state index in [4.69, 9.17) is 11.5 Å². The van der Waals surface area contributed by atoms with Crippen molar-refractivity contribution in [3.8, 4) is 0 Å². The lowest BCUT2D eigenvalue weighted by molar-refractivity contribution is 0.100. The molecule has 0 aliphatic rings. The van der Waals surface area contributed by atoms with Crippen molar-refractivity contribution >= 4 is 22.6 Å². The Hall–Kier alpha value is -2.04. The molecule has 0 aromatic carbocycles. The van der Waals surface area contributed by atoms with Crippen molar-refractivity contribution in [2.75, 3.05) is 5.73 Å². The number of nitrogens with two attached hydrogens (primary N) is 2. The zero-order valence-electron chi connectivity index (χ0n) is 9.27. The molecule has 0 unspecified atom stereocenters. The molecular formula is C11H14N4O. The van der Waals surface area contributed by atoms with E-state index in [1.54, 1.807) is 18.5 Å². The standard InChI is InChI=1S/C11H14N4O/c1-6(2)15-5-7(10(13)16)9-8(12)3-4-14-11(9)15/h3-6H,1-2H3,(H2,12,14)(H2,13,16). The Morgan fingerprint density at radius 2 is 2.19 bits per heavy atom. The van der Waals surface area contributed by atoms with Crippen LogP contribution in [0.25, 0.3) is 11.0 Å². The minimum Gasteiger partial charge on any atom is -0.398 e. The summed E-state index contributed by atoms with van der Waals surface area (Å²) in [6.07, 6.45) is 3.34. The molecule has 0 spiro atoms. The third-order valence-electron chi connectivity index (χ3n) is 2.57. The van der Waals surface area contributed by atoms with E-state index in [9.17, 15) is 4.79 Å². The Labute approximate surface area is 93.1 Å². The van der Waals surface area contributed by atoms with Crippen molar-refractivity contribution in [1.82, 2.24) is 9.55 Å². The average molecular weight is 218 g/mol. The average Bonchev–Trinajstić information content (AvgIpc) is 2.58. The summed E-state index contributed by atoms with van der Waals surface area (Å²) in [6, 6.07) is 1.87. The zero-order chi connectivity index (χ0) is 11.9. The van der Waals surface area contributed by atoms with Crippen LogP contribution < -0.4 is 11.5 Å². The number of hydrogen-bond donors (Lipinski definition) is 2. The van der Waals surface area contributed by atoms with Gasteiger partial charge in [-0.15, -0.1) is 0 Å². The first kappa shape index (κ1) is 10.5. The maximum atomic E-state index is 11.3. The molecule has 0 atom stereocenters. The predicted molar refractivity (Wildman–Crippen MR) is 63.0 cm³/mol. The lowest BCUT2D eigenvalue weighted by Crippen LogP contribution is -2.10. The number of pyridine rings is 1. The van der Waals surface area contributed by atoms with E-state index in [0.717, 1.165) is 0 Å². The van der Waals surface area contributed by atoms with E-state index in [2.05, 4.69) is 4.98 Å². The van der Waals surface area contributed by atoms with Crippen LogP contribution in [0.3, 0.4) is 0 Å². The van der Waals surface area contributed by atoms with Crippen LogP contribution in [-0.2, 0) is 0 Å². The van der Waals surface area contributed by atoms with Crippen molar-refractivity contribution in [2.45, 2.75) is 19.9 Å². The van der Waals surface area contributed by atoms with Gasteiger partial charge < -0.3 is 16.0 Å². The van der Waals surface area contributed by atoms with Crippen LogP contribution in [0.4, 0.5) is 5.69 Å². The highest BCUT2D eigenvalue weighted by Gasteiger charge is 2.16. The maximum Gasteiger partial charge on any atom is 0.251 e. The summed E-state index contributed by atoms with van der Waals surface area (Å²) >= 11 is 0. The molecule has 2 rings (SSSR count). The van der Waals surface area contributed by atoms with Gasteiger partial charge in [0.2, 0.25) is 0 Å². The Balaban J connectivity index is 2.87. The number of rotatable bonds is 2. The molecule has 84 valence electrons. The van der Waals surface area contributed by atoms with Crippen molar-refractivity contribution in [3.05, 3.63) is 24.0 Å². The molecule has 0 saturated carbocycles. The molecule has 2 heterocycles. The summed E-state index contributed by atoms with van der Waals surface area (Å²) in [7, 11) is 0. The molecule has 5 heteroatoms. The number of anilines is 1. The smallest absolute Gasteiger partial charge is 0.251 e. The first-order valence-corrected chi connectivity index (χ1v) is 5.07. The molecule has 0 radical (unpaired) electrons. The van der Waals surface area contributed by atoms with Gasteiger partial charge in [0.25, 0.3) is 5.91 Å². The van der Waals surface area contributed by atoms with Crippen LogP contribution >= 0.6 is 0 Å². The molecule has 0 aliphatic carbocycles. The van der Waals surface area contributed by atoms with Crippen LogP contribution in [0.15, 0.2) is 18.5 Å². The third-order valence-corrected chi connectivity index (χ3v) is 2.57. The zero-order valence-corrected chi connectivity index (χ0v) is 9.27. The van der Waals surface area contributed by atoms with Crippen molar-refractivity contribution in [3.63, 3.8) is 0 Å². The van der Waals surface area contributed by atoms with E-state index in [-0.39, 0.29) is 6.04 Å². The molecule has 1 amide bonds. The quantitative estimate of drug-likeness (QED) is 0.796. The van der Waals surface area contributed by atoms with Gasteiger partial charge >= 0.3 is 0 Å². The number of amides is 1. The van der Waals surface area contributed by atoms with Crippen molar-refractivity contribution in [2.24, 2.45) is 5.73 Å². The Bertz CT molecular complexity index is 556. The topological polar surface area (TPSA) is 86.9 Å². The minimum atomic E-state index is -0.482. The monoisotopic (exact) mass is 218 g/mol. The molecular weight excluding hydrogens is 204 g/mol. The molecule has 0 saturated heterocycles. The van der Waals surface area contributed by atoms with Gasteiger partial charge in [-0.2, -0.15) is 0 Å². The highest BCUT2D eigenvalue weighted by atomic mass is 16.1. The largest absolute Gasteiger partial charge is 0.398 e. The van der Waals surface area contributed by atoms with Gasteiger partial charge in [0.1, 0.15) is 5.65 Å². The van der Waals surface area contributed by atoms with E-state index >= 15 is 0 Å². The fourth-order valence-electron chi connectivity index (χ4n) is 1.78. The van der Waals surface area contributed by atoms with Crippen molar-refractivity contribution in [1.29, 1.82) is 0 Å². The van der Waals surface area contributed by atoms with Crippen LogP contribution in [-0.4, -0.2) is 15.5 Å². The molecule has 16 heavy (non-hydrogen) atoms. The van der Waals surface area contributed by atoms with Gasteiger partial charge in [0.15, 0.2) is 0 Å². The van der Waals surface area contributed by atoms with Crippen LogP contribution in [0.5, 0.6) is 0 Å². The first-order chi connectivity index (χ1) is 7.52. The van der Waals surface area contributed by atoms with Gasteiger partial charge in [-0.1, -0.05) is 0 Å². The number of nitrogen functional groups attached to an aromatic ring is 1. The van der Waals surface area contributed by atoms with Crippen LogP contribution in [0.2, 0.25) is 0 Å². The van der Waals surface area contributed by atoms with Crippen LogP contribution in [0.1, 0.15) is 30.2 Å². The molecule has 2 aromatic rings. The lowest BCUT2D eigenvalue weighted by Gasteiger charge is -2.07. The number of primary amides is 1.